The van der Waals surface area contributed by atoms with Gasteiger partial charge in [0.1, 0.15) is 11.4 Å². The van der Waals surface area contributed by atoms with E-state index in [1.807, 2.05) is 31.7 Å². The highest BCUT2D eigenvalue weighted by Gasteiger charge is 2.36. The van der Waals surface area contributed by atoms with Crippen LogP contribution in [-0.2, 0) is 9.47 Å². The molecule has 1 aliphatic heterocycles. The van der Waals surface area contributed by atoms with Gasteiger partial charge in [0.05, 0.1) is 12.1 Å². The number of halogens is 1. The predicted molar refractivity (Wildman–Crippen MR) is 154 cm³/mol. The third kappa shape index (κ3) is 6.12. The third-order valence-corrected chi connectivity index (χ3v) is 8.06. The van der Waals surface area contributed by atoms with Gasteiger partial charge in [-0.25, -0.2) is 14.8 Å². The quantitative estimate of drug-likeness (QED) is 0.338. The minimum absolute atomic E-state index is 0.0690. The lowest BCUT2D eigenvalue weighted by atomic mass is 9.78. The van der Waals surface area contributed by atoms with E-state index in [0.717, 1.165) is 55.2 Å². The van der Waals surface area contributed by atoms with Crippen LogP contribution >= 0.6 is 0 Å². The molecule has 212 valence electrons. The van der Waals surface area contributed by atoms with Crippen LogP contribution in [0.4, 0.5) is 15.0 Å². The van der Waals surface area contributed by atoms with Gasteiger partial charge < -0.3 is 20.1 Å². The van der Waals surface area contributed by atoms with Crippen LogP contribution in [0.1, 0.15) is 82.4 Å². The van der Waals surface area contributed by atoms with Crippen molar-refractivity contribution in [3.05, 3.63) is 65.9 Å². The van der Waals surface area contributed by atoms with Gasteiger partial charge in [0.25, 0.3) is 0 Å². The Kier molecular flexibility index (Phi) is 8.08. The molecule has 2 aliphatic rings. The number of methoxy groups -OCH3 is 1. The van der Waals surface area contributed by atoms with E-state index < -0.39 is 11.5 Å². The van der Waals surface area contributed by atoms with Crippen LogP contribution in [-0.4, -0.2) is 46.3 Å². The van der Waals surface area contributed by atoms with Crippen molar-refractivity contribution in [1.82, 2.24) is 14.9 Å². The van der Waals surface area contributed by atoms with Crippen LogP contribution < -0.4 is 5.73 Å². The molecule has 1 aromatic carbocycles. The Balaban J connectivity index is 1.55. The molecule has 0 bridgehead atoms. The molecule has 5 rings (SSSR count). The van der Waals surface area contributed by atoms with Gasteiger partial charge in [-0.05, 0) is 106 Å². The predicted octanol–water partition coefficient (Wildman–Crippen LogP) is 7.28. The number of amides is 1. The molecule has 1 amide bonds. The number of hydrogen-bond acceptors (Lipinski definition) is 6. The van der Waals surface area contributed by atoms with E-state index in [1.54, 1.807) is 19.4 Å². The zero-order chi connectivity index (χ0) is 28.4. The first-order valence-electron chi connectivity index (χ1n) is 14.2. The molecule has 2 aromatic heterocycles. The molecule has 3 aromatic rings. The van der Waals surface area contributed by atoms with Gasteiger partial charge in [0.2, 0.25) is 5.95 Å². The largest absolute Gasteiger partial charge is 0.444 e. The van der Waals surface area contributed by atoms with Crippen LogP contribution in [0.15, 0.2) is 48.8 Å². The number of aromatic nitrogens is 2. The summed E-state index contributed by atoms with van der Waals surface area (Å²) in [4.78, 5) is 23.3. The van der Waals surface area contributed by atoms with Gasteiger partial charge in [-0.15, -0.1) is 0 Å². The molecule has 0 unspecified atom stereocenters. The summed E-state index contributed by atoms with van der Waals surface area (Å²) in [7, 11) is 1.79. The standard InChI is InChI=1S/C32H39FN4O3/c1-32(2,3)40-31(38)37-15-5-6-28(37)27-16-21(9-12-25(27)20-7-10-24(39-4)11-8-20)23-17-26(30(34)36-19-23)22-13-14-35-29(33)18-22/h9,12-14,16-20,24,28H,5-8,10-11,15H2,1-4H3,(H2,34,36)/t20?,24?,28-/m0/s1. The molecule has 1 atom stereocenters. The van der Waals surface area contributed by atoms with Crippen molar-refractivity contribution in [2.24, 2.45) is 0 Å². The lowest BCUT2D eigenvalue weighted by Gasteiger charge is -2.33. The highest BCUT2D eigenvalue weighted by Crippen LogP contribution is 2.43. The van der Waals surface area contributed by atoms with Crippen molar-refractivity contribution < 1.29 is 18.7 Å². The number of nitrogen functional groups attached to an aromatic ring is 1. The summed E-state index contributed by atoms with van der Waals surface area (Å²) in [6.07, 6.45) is 9.15. The number of carbonyl (C=O) groups is 1. The summed E-state index contributed by atoms with van der Waals surface area (Å²) in [6, 6.07) is 11.5. The first-order valence-corrected chi connectivity index (χ1v) is 14.2. The average molecular weight is 547 g/mol. The van der Waals surface area contributed by atoms with Crippen molar-refractivity contribution in [1.29, 1.82) is 0 Å². The van der Waals surface area contributed by atoms with Crippen molar-refractivity contribution in [2.45, 2.75) is 83.0 Å². The number of pyridine rings is 2. The fourth-order valence-electron chi connectivity index (χ4n) is 6.09. The summed E-state index contributed by atoms with van der Waals surface area (Å²) in [5, 5.41) is 0. The highest BCUT2D eigenvalue weighted by atomic mass is 19.1. The van der Waals surface area contributed by atoms with Crippen molar-refractivity contribution in [3.63, 3.8) is 0 Å². The first-order chi connectivity index (χ1) is 19.1. The Morgan fingerprint density at radius 1 is 0.975 bits per heavy atom. The molecular formula is C32H39FN4O3. The second-order valence-corrected chi connectivity index (χ2v) is 11.9. The molecular weight excluding hydrogens is 507 g/mol. The van der Waals surface area contributed by atoms with E-state index in [-0.39, 0.29) is 12.1 Å². The number of likely N-dealkylation sites (tertiary alicyclic amines) is 1. The Labute approximate surface area is 235 Å². The fourth-order valence-corrected chi connectivity index (χ4v) is 6.09. The molecule has 2 fully saturated rings. The van der Waals surface area contributed by atoms with Crippen LogP contribution in [0.3, 0.4) is 0 Å². The minimum atomic E-state index is -0.569. The molecule has 3 heterocycles. The van der Waals surface area contributed by atoms with E-state index in [1.165, 1.54) is 17.8 Å². The van der Waals surface area contributed by atoms with Gasteiger partial charge in [-0.3, -0.25) is 0 Å². The summed E-state index contributed by atoms with van der Waals surface area (Å²) in [5.41, 5.74) is 11.2. The summed E-state index contributed by atoms with van der Waals surface area (Å²) in [6.45, 7) is 6.37. The molecule has 0 spiro atoms. The molecule has 40 heavy (non-hydrogen) atoms. The van der Waals surface area contributed by atoms with Crippen LogP contribution in [0.5, 0.6) is 0 Å². The topological polar surface area (TPSA) is 90.6 Å². The van der Waals surface area contributed by atoms with Crippen LogP contribution in [0, 0.1) is 5.95 Å². The van der Waals surface area contributed by atoms with Gasteiger partial charge in [-0.2, -0.15) is 4.39 Å². The first kappa shape index (κ1) is 28.0. The van der Waals surface area contributed by atoms with E-state index in [0.29, 0.717) is 35.5 Å². The Morgan fingerprint density at radius 2 is 1.75 bits per heavy atom. The maximum Gasteiger partial charge on any atom is 0.410 e. The summed E-state index contributed by atoms with van der Waals surface area (Å²) in [5.74, 6) is 0.157. The number of benzene rings is 1. The van der Waals surface area contributed by atoms with Gasteiger partial charge in [-0.1, -0.05) is 12.1 Å². The summed E-state index contributed by atoms with van der Waals surface area (Å²) >= 11 is 0. The smallest absolute Gasteiger partial charge is 0.410 e. The van der Waals surface area contributed by atoms with E-state index in [2.05, 4.69) is 28.2 Å². The number of ether oxygens (including phenoxy) is 2. The minimum Gasteiger partial charge on any atom is -0.444 e. The van der Waals surface area contributed by atoms with E-state index in [9.17, 15) is 9.18 Å². The van der Waals surface area contributed by atoms with Crippen LogP contribution in [0.2, 0.25) is 0 Å². The number of carbonyl (C=O) groups excluding carboxylic acids is 1. The number of nitrogens with zero attached hydrogens (tertiary/aromatic N) is 3. The van der Waals surface area contributed by atoms with Gasteiger partial charge in [0, 0.05) is 43.2 Å². The Hall–Kier alpha value is -3.52. The van der Waals surface area contributed by atoms with Crippen molar-refractivity contribution >= 4 is 11.9 Å². The number of anilines is 1. The fraction of sp³-hybridized carbons (Fsp3) is 0.469. The molecule has 1 saturated heterocycles. The normalized spacial score (nSPS) is 21.4. The van der Waals surface area contributed by atoms with Crippen LogP contribution in [0.25, 0.3) is 22.3 Å². The Morgan fingerprint density at radius 3 is 2.45 bits per heavy atom. The maximum absolute atomic E-state index is 13.9. The lowest BCUT2D eigenvalue weighted by molar-refractivity contribution is 0.0223. The number of nitrogens with two attached hydrogens (primary N) is 1. The second kappa shape index (κ2) is 11.5. The number of hydrogen-bond donors (Lipinski definition) is 1. The highest BCUT2D eigenvalue weighted by molar-refractivity contribution is 5.79. The SMILES string of the molecule is COC1CCC(c2ccc(-c3cnc(N)c(-c4ccnc(F)c4)c3)cc2[C@@H]2CCCN2C(=O)OC(C)(C)C)CC1. The molecule has 2 N–H and O–H groups in total. The third-order valence-electron chi connectivity index (χ3n) is 8.06. The molecule has 0 radical (unpaired) electrons. The van der Waals surface area contributed by atoms with Crippen molar-refractivity contribution in [2.75, 3.05) is 19.4 Å². The zero-order valence-corrected chi connectivity index (χ0v) is 23.8. The second-order valence-electron chi connectivity index (χ2n) is 11.9. The monoisotopic (exact) mass is 546 g/mol. The summed E-state index contributed by atoms with van der Waals surface area (Å²) < 4.78 is 25.3. The molecule has 8 heteroatoms. The van der Waals surface area contributed by atoms with E-state index in [4.69, 9.17) is 15.2 Å². The van der Waals surface area contributed by atoms with Gasteiger partial charge >= 0.3 is 6.09 Å². The van der Waals surface area contributed by atoms with Crippen molar-refractivity contribution in [3.8, 4) is 22.3 Å². The Bertz CT molecular complexity index is 1360. The average Bonchev–Trinajstić information content (AvgIpc) is 3.42. The molecule has 7 nitrogen and oxygen atoms in total. The molecule has 1 aliphatic carbocycles. The maximum atomic E-state index is 13.9. The zero-order valence-electron chi connectivity index (χ0n) is 23.8. The molecule has 1 saturated carbocycles. The lowest BCUT2D eigenvalue weighted by Crippen LogP contribution is -2.36. The van der Waals surface area contributed by atoms with E-state index >= 15 is 0 Å². The van der Waals surface area contributed by atoms with Gasteiger partial charge in [0.15, 0.2) is 0 Å². The number of rotatable bonds is 5.